The highest BCUT2D eigenvalue weighted by Crippen LogP contribution is 2.33. The van der Waals surface area contributed by atoms with Crippen LogP contribution in [-0.2, 0) is 0 Å². The van der Waals surface area contributed by atoms with Crippen LogP contribution in [0.5, 0.6) is 5.75 Å². The number of ether oxygens (including phenoxy) is 1. The Balaban J connectivity index is 3.08. The number of hydrogen-bond acceptors (Lipinski definition) is 1. The predicted octanol–water partition coefficient (Wildman–Crippen LogP) is 4.70. The lowest BCUT2D eigenvalue weighted by atomic mass is 10.00. The fourth-order valence-electron chi connectivity index (χ4n) is 1.77. The monoisotopic (exact) mass is 332 g/mol. The van der Waals surface area contributed by atoms with Crippen LogP contribution >= 0.6 is 22.6 Å². The van der Waals surface area contributed by atoms with E-state index < -0.39 is 0 Å². The van der Waals surface area contributed by atoms with Gasteiger partial charge in [-0.25, -0.2) is 0 Å². The second-order valence-electron chi connectivity index (χ2n) is 4.35. The quantitative estimate of drug-likeness (QED) is 0.573. The molecule has 0 saturated heterocycles. The molecule has 0 bridgehead atoms. The van der Waals surface area contributed by atoms with Crippen molar-refractivity contribution in [1.29, 1.82) is 0 Å². The first-order chi connectivity index (χ1) is 7.50. The molecular formula is C14H21IO. The normalized spacial score (nSPS) is 10.6. The topological polar surface area (TPSA) is 9.23 Å². The molecule has 0 fully saturated rings. The van der Waals surface area contributed by atoms with Crippen molar-refractivity contribution in [2.75, 3.05) is 6.61 Å². The van der Waals surface area contributed by atoms with E-state index in [1.165, 1.54) is 32.2 Å². The van der Waals surface area contributed by atoms with Gasteiger partial charge in [-0.15, -0.1) is 0 Å². The van der Waals surface area contributed by atoms with Crippen LogP contribution in [0, 0.1) is 31.3 Å². The fourth-order valence-corrected chi connectivity index (χ4v) is 2.58. The maximum absolute atomic E-state index is 5.92. The van der Waals surface area contributed by atoms with E-state index in [1.54, 1.807) is 0 Å². The molecule has 0 aliphatic heterocycles. The fraction of sp³-hybridized carbons (Fsp3) is 0.571. The van der Waals surface area contributed by atoms with Crippen LogP contribution in [0.3, 0.4) is 0 Å². The molecule has 0 saturated carbocycles. The SMILES string of the molecule is CCCCOc1c(C)c(C)c(I)c(C)c1C. The van der Waals surface area contributed by atoms with Crippen LogP contribution < -0.4 is 4.74 Å². The molecule has 16 heavy (non-hydrogen) atoms. The third-order valence-electron chi connectivity index (χ3n) is 3.21. The zero-order valence-corrected chi connectivity index (χ0v) is 13.1. The van der Waals surface area contributed by atoms with Gasteiger partial charge in [0.15, 0.2) is 0 Å². The summed E-state index contributed by atoms with van der Waals surface area (Å²) in [6, 6.07) is 0. The van der Waals surface area contributed by atoms with Gasteiger partial charge in [0.1, 0.15) is 5.75 Å². The number of rotatable bonds is 4. The zero-order chi connectivity index (χ0) is 12.3. The average molecular weight is 332 g/mol. The zero-order valence-electron chi connectivity index (χ0n) is 10.9. The summed E-state index contributed by atoms with van der Waals surface area (Å²) in [7, 11) is 0. The lowest BCUT2D eigenvalue weighted by Gasteiger charge is -2.18. The molecule has 0 aliphatic carbocycles. The van der Waals surface area contributed by atoms with Gasteiger partial charge in [0, 0.05) is 3.57 Å². The Morgan fingerprint density at radius 3 is 1.88 bits per heavy atom. The maximum Gasteiger partial charge on any atom is 0.125 e. The highest BCUT2D eigenvalue weighted by molar-refractivity contribution is 14.1. The third-order valence-corrected chi connectivity index (χ3v) is 4.83. The molecule has 1 aromatic carbocycles. The first-order valence-electron chi connectivity index (χ1n) is 5.89. The minimum Gasteiger partial charge on any atom is -0.493 e. The first-order valence-corrected chi connectivity index (χ1v) is 6.97. The molecule has 0 aliphatic rings. The Kier molecular flexibility index (Phi) is 5.09. The van der Waals surface area contributed by atoms with Crippen molar-refractivity contribution < 1.29 is 4.74 Å². The van der Waals surface area contributed by atoms with E-state index in [1.807, 2.05) is 0 Å². The van der Waals surface area contributed by atoms with E-state index in [0.29, 0.717) is 0 Å². The van der Waals surface area contributed by atoms with Gasteiger partial charge in [0.05, 0.1) is 6.61 Å². The van der Waals surface area contributed by atoms with Gasteiger partial charge in [-0.2, -0.15) is 0 Å². The van der Waals surface area contributed by atoms with Crippen LogP contribution in [0.15, 0.2) is 0 Å². The van der Waals surface area contributed by atoms with Crippen LogP contribution in [-0.4, -0.2) is 6.61 Å². The Morgan fingerprint density at radius 1 is 0.938 bits per heavy atom. The highest BCUT2D eigenvalue weighted by Gasteiger charge is 2.13. The average Bonchev–Trinajstić information content (AvgIpc) is 2.28. The largest absolute Gasteiger partial charge is 0.493 e. The summed E-state index contributed by atoms with van der Waals surface area (Å²) in [5.74, 6) is 1.10. The van der Waals surface area contributed by atoms with E-state index in [4.69, 9.17) is 4.74 Å². The number of hydrogen-bond donors (Lipinski definition) is 0. The van der Waals surface area contributed by atoms with Crippen molar-refractivity contribution in [3.8, 4) is 5.75 Å². The van der Waals surface area contributed by atoms with Crippen LogP contribution in [0.25, 0.3) is 0 Å². The summed E-state index contributed by atoms with van der Waals surface area (Å²) in [6.45, 7) is 11.7. The molecule has 1 nitrogen and oxygen atoms in total. The molecule has 0 radical (unpaired) electrons. The van der Waals surface area contributed by atoms with Crippen molar-refractivity contribution in [1.82, 2.24) is 0 Å². The van der Waals surface area contributed by atoms with Crippen molar-refractivity contribution in [3.63, 3.8) is 0 Å². The van der Waals surface area contributed by atoms with Gasteiger partial charge in [0.2, 0.25) is 0 Å². The summed E-state index contributed by atoms with van der Waals surface area (Å²) < 4.78 is 7.29. The van der Waals surface area contributed by atoms with Crippen molar-refractivity contribution in [2.24, 2.45) is 0 Å². The molecule has 0 atom stereocenters. The maximum atomic E-state index is 5.92. The van der Waals surface area contributed by atoms with Gasteiger partial charge < -0.3 is 4.74 Å². The molecule has 0 N–H and O–H groups in total. The summed E-state index contributed by atoms with van der Waals surface area (Å²) in [6.07, 6.45) is 2.31. The smallest absolute Gasteiger partial charge is 0.125 e. The minimum atomic E-state index is 0.831. The second-order valence-corrected chi connectivity index (χ2v) is 5.42. The van der Waals surface area contributed by atoms with E-state index in [-0.39, 0.29) is 0 Å². The Bertz CT molecular complexity index is 354. The predicted molar refractivity (Wildman–Crippen MR) is 78.5 cm³/mol. The summed E-state index contributed by atoms with van der Waals surface area (Å²) in [5, 5.41) is 0. The summed E-state index contributed by atoms with van der Waals surface area (Å²) in [5.41, 5.74) is 5.30. The molecule has 0 heterocycles. The molecule has 0 aromatic heterocycles. The molecular weight excluding hydrogens is 311 g/mol. The Morgan fingerprint density at radius 2 is 1.44 bits per heavy atom. The number of benzene rings is 1. The van der Waals surface area contributed by atoms with Crippen molar-refractivity contribution in [3.05, 3.63) is 25.8 Å². The Labute approximate surface area is 113 Å². The lowest BCUT2D eigenvalue weighted by Crippen LogP contribution is -2.04. The third kappa shape index (κ3) is 2.70. The van der Waals surface area contributed by atoms with E-state index in [0.717, 1.165) is 18.8 Å². The minimum absolute atomic E-state index is 0.831. The first kappa shape index (κ1) is 13.8. The van der Waals surface area contributed by atoms with Gasteiger partial charge in [0.25, 0.3) is 0 Å². The van der Waals surface area contributed by atoms with E-state index >= 15 is 0 Å². The van der Waals surface area contributed by atoms with Gasteiger partial charge in [-0.3, -0.25) is 0 Å². The van der Waals surface area contributed by atoms with Crippen molar-refractivity contribution >= 4 is 22.6 Å². The molecule has 1 aromatic rings. The second kappa shape index (κ2) is 5.89. The van der Waals surface area contributed by atoms with Crippen LogP contribution in [0.1, 0.15) is 42.0 Å². The molecule has 2 heteroatoms. The molecule has 0 amide bonds. The molecule has 90 valence electrons. The summed E-state index contributed by atoms with van der Waals surface area (Å²) >= 11 is 2.43. The van der Waals surface area contributed by atoms with E-state index in [2.05, 4.69) is 57.2 Å². The van der Waals surface area contributed by atoms with Gasteiger partial charge >= 0.3 is 0 Å². The van der Waals surface area contributed by atoms with Crippen LogP contribution in [0.2, 0.25) is 0 Å². The molecule has 0 spiro atoms. The standard InChI is InChI=1S/C14H21IO/c1-6-7-8-16-14-11(4)9(2)13(15)10(3)12(14)5/h6-8H2,1-5H3. The van der Waals surface area contributed by atoms with E-state index in [9.17, 15) is 0 Å². The summed E-state index contributed by atoms with van der Waals surface area (Å²) in [4.78, 5) is 0. The van der Waals surface area contributed by atoms with Crippen molar-refractivity contribution in [2.45, 2.75) is 47.5 Å². The molecule has 0 unspecified atom stereocenters. The Hall–Kier alpha value is -0.250. The molecule has 1 rings (SSSR count). The van der Waals surface area contributed by atoms with Gasteiger partial charge in [-0.1, -0.05) is 13.3 Å². The number of halogens is 1. The van der Waals surface area contributed by atoms with Gasteiger partial charge in [-0.05, 0) is 79.0 Å². The lowest BCUT2D eigenvalue weighted by molar-refractivity contribution is 0.305. The van der Waals surface area contributed by atoms with Crippen LogP contribution in [0.4, 0.5) is 0 Å². The highest BCUT2D eigenvalue weighted by atomic mass is 127. The number of unbranched alkanes of at least 4 members (excludes halogenated alkanes) is 1.